The number of hydrogen-bond acceptors (Lipinski definition) is 4. The number of aliphatic imine (C=N–C) groups is 1. The Kier molecular flexibility index (Phi) is 13.7. The molecular formula is C20H37IN4O2S. The maximum absolute atomic E-state index is 11.3. The van der Waals surface area contributed by atoms with E-state index in [-0.39, 0.29) is 35.8 Å². The Morgan fingerprint density at radius 1 is 1.18 bits per heavy atom. The number of benzene rings is 1. The van der Waals surface area contributed by atoms with Gasteiger partial charge in [0.15, 0.2) is 5.96 Å². The average Bonchev–Trinajstić information content (AvgIpc) is 2.62. The molecule has 0 saturated carbocycles. The molecule has 1 aromatic carbocycles. The molecule has 0 aliphatic heterocycles. The van der Waals surface area contributed by atoms with Gasteiger partial charge >= 0.3 is 0 Å². The van der Waals surface area contributed by atoms with E-state index in [1.165, 1.54) is 17.4 Å². The lowest BCUT2D eigenvalue weighted by Gasteiger charge is -2.19. The summed E-state index contributed by atoms with van der Waals surface area (Å²) in [6, 6.07) is 8.57. The van der Waals surface area contributed by atoms with Gasteiger partial charge in [-0.05, 0) is 44.5 Å². The normalized spacial score (nSPS) is 13.1. The molecule has 1 unspecified atom stereocenters. The second kappa shape index (κ2) is 14.2. The summed E-state index contributed by atoms with van der Waals surface area (Å²) in [6.45, 7) is 12.7. The van der Waals surface area contributed by atoms with E-state index in [1.54, 1.807) is 0 Å². The van der Waals surface area contributed by atoms with E-state index in [0.717, 1.165) is 26.2 Å². The van der Waals surface area contributed by atoms with Crippen molar-refractivity contribution in [2.75, 3.05) is 31.6 Å². The van der Waals surface area contributed by atoms with E-state index < -0.39 is 9.84 Å². The van der Waals surface area contributed by atoms with E-state index in [4.69, 9.17) is 0 Å². The summed E-state index contributed by atoms with van der Waals surface area (Å²) in [7, 11) is -2.95. The van der Waals surface area contributed by atoms with Crippen LogP contribution >= 0.6 is 24.0 Å². The van der Waals surface area contributed by atoms with Gasteiger partial charge < -0.3 is 10.6 Å². The van der Waals surface area contributed by atoms with Crippen molar-refractivity contribution in [3.63, 3.8) is 0 Å². The molecular weight excluding hydrogens is 487 g/mol. The maximum atomic E-state index is 11.3. The van der Waals surface area contributed by atoms with Crippen molar-refractivity contribution >= 4 is 39.8 Å². The van der Waals surface area contributed by atoms with Crippen molar-refractivity contribution in [1.82, 2.24) is 15.5 Å². The van der Waals surface area contributed by atoms with Crippen molar-refractivity contribution in [3.8, 4) is 0 Å². The summed E-state index contributed by atoms with van der Waals surface area (Å²) >= 11 is 0. The average molecular weight is 525 g/mol. The molecule has 0 fully saturated rings. The van der Waals surface area contributed by atoms with Crippen LogP contribution in [0.3, 0.4) is 0 Å². The number of nitrogens with one attached hydrogen (secondary N) is 2. The van der Waals surface area contributed by atoms with E-state index >= 15 is 0 Å². The van der Waals surface area contributed by atoms with Gasteiger partial charge in [0.2, 0.25) is 0 Å². The molecule has 0 radical (unpaired) electrons. The van der Waals surface area contributed by atoms with Gasteiger partial charge in [0, 0.05) is 25.4 Å². The van der Waals surface area contributed by atoms with Crippen LogP contribution in [0.5, 0.6) is 0 Å². The predicted octanol–water partition coefficient (Wildman–Crippen LogP) is 3.02. The number of halogens is 1. The zero-order chi connectivity index (χ0) is 20.3. The van der Waals surface area contributed by atoms with Gasteiger partial charge in [0.05, 0.1) is 12.3 Å². The summed E-state index contributed by atoms with van der Waals surface area (Å²) < 4.78 is 22.7. The van der Waals surface area contributed by atoms with E-state index in [0.29, 0.717) is 18.9 Å². The minimum absolute atomic E-state index is 0. The summed E-state index contributed by atoms with van der Waals surface area (Å²) in [6.07, 6.45) is 1.83. The third kappa shape index (κ3) is 11.9. The number of hydrogen-bond donors (Lipinski definition) is 2. The fourth-order valence-electron chi connectivity index (χ4n) is 2.72. The monoisotopic (exact) mass is 524 g/mol. The lowest BCUT2D eigenvalue weighted by Crippen LogP contribution is -2.42. The minimum Gasteiger partial charge on any atom is -0.357 e. The first-order valence-corrected chi connectivity index (χ1v) is 11.9. The Hall–Kier alpha value is -0.870. The van der Waals surface area contributed by atoms with Crippen LogP contribution < -0.4 is 10.6 Å². The molecule has 162 valence electrons. The molecule has 8 heteroatoms. The Bertz CT molecular complexity index is 691. The van der Waals surface area contributed by atoms with Crippen molar-refractivity contribution in [2.24, 2.45) is 4.99 Å². The number of sulfone groups is 1. The quantitative estimate of drug-likeness (QED) is 0.265. The van der Waals surface area contributed by atoms with Crippen molar-refractivity contribution in [3.05, 3.63) is 35.4 Å². The maximum Gasteiger partial charge on any atom is 0.191 e. The van der Waals surface area contributed by atoms with E-state index in [2.05, 4.69) is 58.6 Å². The van der Waals surface area contributed by atoms with Crippen LogP contribution in [-0.4, -0.2) is 57.0 Å². The van der Waals surface area contributed by atoms with Gasteiger partial charge in [-0.15, -0.1) is 24.0 Å². The Morgan fingerprint density at radius 3 is 2.39 bits per heavy atom. The fraction of sp³-hybridized carbons (Fsp3) is 0.650. The lowest BCUT2D eigenvalue weighted by atomic mass is 10.1. The molecule has 1 rings (SSSR count). The van der Waals surface area contributed by atoms with Crippen LogP contribution in [0.4, 0.5) is 0 Å². The third-order valence-electron chi connectivity index (χ3n) is 4.36. The Labute approximate surface area is 188 Å². The molecule has 0 bridgehead atoms. The van der Waals surface area contributed by atoms with Crippen LogP contribution in [0, 0.1) is 0 Å². The van der Waals surface area contributed by atoms with Gasteiger partial charge in [-0.25, -0.2) is 13.4 Å². The zero-order valence-corrected chi connectivity index (χ0v) is 21.0. The molecule has 0 aliphatic rings. The Balaban J connectivity index is 0.00000729. The highest BCUT2D eigenvalue weighted by atomic mass is 127. The molecule has 0 saturated heterocycles. The minimum atomic E-state index is -2.95. The fourth-order valence-corrected chi connectivity index (χ4v) is 3.50. The van der Waals surface area contributed by atoms with Crippen LogP contribution in [0.15, 0.2) is 29.3 Å². The largest absolute Gasteiger partial charge is 0.357 e. The van der Waals surface area contributed by atoms with Gasteiger partial charge in [-0.2, -0.15) is 0 Å². The number of guanidine groups is 1. The highest BCUT2D eigenvalue weighted by Crippen LogP contribution is 2.09. The van der Waals surface area contributed by atoms with Crippen LogP contribution in [0.2, 0.25) is 0 Å². The molecule has 1 atom stereocenters. The van der Waals surface area contributed by atoms with Gasteiger partial charge in [0.1, 0.15) is 9.84 Å². The molecule has 28 heavy (non-hydrogen) atoms. The first-order chi connectivity index (χ1) is 12.8. The van der Waals surface area contributed by atoms with Gasteiger partial charge in [-0.1, -0.05) is 38.1 Å². The highest BCUT2D eigenvalue weighted by molar-refractivity contribution is 14.0. The Morgan fingerprint density at radius 2 is 1.82 bits per heavy atom. The SMILES string of the molecule is CCNC(=NCc1cccc(CN(CC)CC)c1)NC(C)CCS(C)(=O)=O.I. The lowest BCUT2D eigenvalue weighted by molar-refractivity contribution is 0.296. The molecule has 0 aliphatic carbocycles. The van der Waals surface area contributed by atoms with E-state index in [1.807, 2.05) is 13.8 Å². The molecule has 2 N–H and O–H groups in total. The molecule has 0 amide bonds. The smallest absolute Gasteiger partial charge is 0.191 e. The van der Waals surface area contributed by atoms with Crippen molar-refractivity contribution in [2.45, 2.75) is 53.2 Å². The predicted molar refractivity (Wildman–Crippen MR) is 130 cm³/mol. The molecule has 0 heterocycles. The number of nitrogens with zero attached hydrogens (tertiary/aromatic N) is 2. The highest BCUT2D eigenvalue weighted by Gasteiger charge is 2.09. The van der Waals surface area contributed by atoms with Gasteiger partial charge in [-0.3, -0.25) is 4.90 Å². The molecule has 0 aromatic heterocycles. The standard InChI is InChI=1S/C20H36N4O2S.HI/c1-6-21-20(23-17(4)12-13-27(5,25)26)22-15-18-10-9-11-19(14-18)16-24(7-2)8-3;/h9-11,14,17H,6-8,12-13,15-16H2,1-5H3,(H2,21,22,23);1H. The first kappa shape index (κ1) is 27.1. The van der Waals surface area contributed by atoms with E-state index in [9.17, 15) is 8.42 Å². The second-order valence-electron chi connectivity index (χ2n) is 6.94. The van der Waals surface area contributed by atoms with Crippen molar-refractivity contribution in [1.29, 1.82) is 0 Å². The summed E-state index contributed by atoms with van der Waals surface area (Å²) in [5.41, 5.74) is 2.46. The second-order valence-corrected chi connectivity index (χ2v) is 9.20. The summed E-state index contributed by atoms with van der Waals surface area (Å²) in [5, 5.41) is 6.52. The molecule has 1 aromatic rings. The topological polar surface area (TPSA) is 73.8 Å². The molecule has 0 spiro atoms. The van der Waals surface area contributed by atoms with Crippen LogP contribution in [-0.2, 0) is 22.9 Å². The zero-order valence-electron chi connectivity index (χ0n) is 17.9. The van der Waals surface area contributed by atoms with Crippen molar-refractivity contribution < 1.29 is 8.42 Å². The van der Waals surface area contributed by atoms with Crippen LogP contribution in [0.25, 0.3) is 0 Å². The van der Waals surface area contributed by atoms with Crippen LogP contribution in [0.1, 0.15) is 45.2 Å². The first-order valence-electron chi connectivity index (χ1n) is 9.80. The number of rotatable bonds is 11. The molecule has 6 nitrogen and oxygen atoms in total. The summed E-state index contributed by atoms with van der Waals surface area (Å²) in [4.78, 5) is 7.05. The third-order valence-corrected chi connectivity index (χ3v) is 5.34. The van der Waals surface area contributed by atoms with Gasteiger partial charge in [0.25, 0.3) is 0 Å². The summed E-state index contributed by atoms with van der Waals surface area (Å²) in [5.74, 6) is 0.890.